The van der Waals surface area contributed by atoms with E-state index in [0.717, 1.165) is 66.7 Å². The summed E-state index contributed by atoms with van der Waals surface area (Å²) in [4.78, 5) is 9.18. The molecular formula is C46H82N2O4S2Si2. The molecule has 0 saturated carbocycles. The van der Waals surface area contributed by atoms with Crippen LogP contribution in [-0.2, 0) is 18.3 Å². The van der Waals surface area contributed by atoms with E-state index in [4.69, 9.17) is 18.3 Å². The van der Waals surface area contributed by atoms with Gasteiger partial charge in [0.15, 0.2) is 22.9 Å². The number of nitrogens with zero attached hydrogens (tertiary/aromatic N) is 2. The van der Waals surface area contributed by atoms with E-state index in [1.165, 1.54) is 42.4 Å². The highest BCUT2D eigenvalue weighted by Gasteiger charge is 2.40. The van der Waals surface area contributed by atoms with E-state index in [1.807, 2.05) is 6.92 Å². The molecule has 1 aliphatic heterocycles. The number of aryl methyl sites for hydroxylation is 2. The summed E-state index contributed by atoms with van der Waals surface area (Å²) in [7, 11) is -3.63. The van der Waals surface area contributed by atoms with E-state index >= 15 is 0 Å². The Bertz CT molecular complexity index is 1520. The van der Waals surface area contributed by atoms with Crippen molar-refractivity contribution < 1.29 is 18.3 Å². The molecule has 3 rings (SSSR count). The fraction of sp³-hybridized carbons (Fsp3) is 0.739. The minimum atomic E-state index is -1.89. The molecule has 1 saturated heterocycles. The van der Waals surface area contributed by atoms with E-state index in [0.29, 0.717) is 5.92 Å². The van der Waals surface area contributed by atoms with Crippen molar-refractivity contribution in [1.29, 1.82) is 0 Å². The van der Waals surface area contributed by atoms with Gasteiger partial charge >= 0.3 is 0 Å². The van der Waals surface area contributed by atoms with E-state index < -0.39 is 16.6 Å². The molecule has 3 heterocycles. The summed E-state index contributed by atoms with van der Waals surface area (Å²) in [5, 5.41) is 6.90. The Morgan fingerprint density at radius 1 is 0.839 bits per heavy atom. The number of ether oxygens (including phenoxy) is 2. The van der Waals surface area contributed by atoms with Gasteiger partial charge in [0.2, 0.25) is 0 Å². The summed E-state index contributed by atoms with van der Waals surface area (Å²) < 4.78 is 25.2. The highest BCUT2D eigenvalue weighted by Crippen LogP contribution is 2.40. The van der Waals surface area contributed by atoms with Crippen molar-refractivity contribution in [2.45, 2.75) is 203 Å². The van der Waals surface area contributed by atoms with Gasteiger partial charge in [-0.05, 0) is 151 Å². The molecule has 320 valence electrons. The molecule has 0 bridgehead atoms. The Morgan fingerprint density at radius 2 is 1.36 bits per heavy atom. The molecule has 0 aromatic carbocycles. The lowest BCUT2D eigenvalue weighted by Gasteiger charge is -2.39. The second-order valence-electron chi connectivity index (χ2n) is 19.3. The first-order valence-electron chi connectivity index (χ1n) is 21.4. The molecular weight excluding hydrogens is 765 g/mol. The van der Waals surface area contributed by atoms with E-state index in [1.54, 1.807) is 22.7 Å². The lowest BCUT2D eigenvalue weighted by Crippen LogP contribution is -2.44. The fourth-order valence-electron chi connectivity index (χ4n) is 5.92. The van der Waals surface area contributed by atoms with Gasteiger partial charge in [0.1, 0.15) is 0 Å². The van der Waals surface area contributed by atoms with Gasteiger partial charge in [0.05, 0.1) is 40.2 Å². The number of thiazole rings is 2. The summed E-state index contributed by atoms with van der Waals surface area (Å²) in [5.41, 5.74) is 6.13. The van der Waals surface area contributed by atoms with Crippen molar-refractivity contribution in [2.24, 2.45) is 5.92 Å². The highest BCUT2D eigenvalue weighted by atomic mass is 32.1. The number of hydrogen-bond acceptors (Lipinski definition) is 8. The molecule has 0 N–H and O–H groups in total. The van der Waals surface area contributed by atoms with Crippen LogP contribution in [0.15, 0.2) is 33.6 Å². The van der Waals surface area contributed by atoms with Gasteiger partial charge in [-0.15, -0.1) is 22.7 Å². The average Bonchev–Trinajstić information content (AvgIpc) is 3.71. The molecule has 0 spiro atoms. The molecule has 4 atom stereocenters. The molecule has 56 heavy (non-hydrogen) atoms. The molecule has 0 aliphatic carbocycles. The lowest BCUT2D eigenvalue weighted by molar-refractivity contribution is -0.168. The van der Waals surface area contributed by atoms with Crippen molar-refractivity contribution in [2.75, 3.05) is 13.2 Å². The Hall–Kier alpha value is -1.25. The van der Waals surface area contributed by atoms with E-state index in [-0.39, 0.29) is 28.6 Å². The third kappa shape index (κ3) is 18.3. The molecule has 1 fully saturated rings. The first kappa shape index (κ1) is 50.9. The predicted octanol–water partition coefficient (Wildman–Crippen LogP) is 15.0. The monoisotopic (exact) mass is 847 g/mol. The van der Waals surface area contributed by atoms with Crippen LogP contribution in [0.4, 0.5) is 0 Å². The zero-order chi connectivity index (χ0) is 42.3. The quantitative estimate of drug-likeness (QED) is 0.104. The maximum Gasteiger partial charge on any atom is 0.192 e. The minimum Gasteiger partial charge on any atom is -0.410 e. The SMILES string of the molecule is CC(=CC[C@H](O[Si](C)(C)C(C)(C)C)/C(C)=C/c1csc(C)n1)CCCC(C)COC1CCCCO1.CCC[C@H](O[Si](C)(C)C(C)(C)C)/C(C)=C/c1csc(C)n1. The van der Waals surface area contributed by atoms with Crippen LogP contribution in [0, 0.1) is 19.8 Å². The second kappa shape index (κ2) is 23.5. The van der Waals surface area contributed by atoms with Gasteiger partial charge in [-0.1, -0.05) is 73.5 Å². The van der Waals surface area contributed by atoms with Crippen LogP contribution in [0.25, 0.3) is 12.2 Å². The van der Waals surface area contributed by atoms with Crippen LogP contribution >= 0.6 is 22.7 Å². The molecule has 6 nitrogen and oxygen atoms in total. The molecule has 10 heteroatoms. The van der Waals surface area contributed by atoms with Crippen molar-refractivity contribution in [3.63, 3.8) is 0 Å². The first-order valence-corrected chi connectivity index (χ1v) is 29.0. The number of rotatable bonds is 19. The van der Waals surface area contributed by atoms with Crippen LogP contribution in [0.3, 0.4) is 0 Å². The summed E-state index contributed by atoms with van der Waals surface area (Å²) in [5.74, 6) is 0.565. The Balaban J connectivity index is 0.000000440. The molecule has 0 radical (unpaired) electrons. The summed E-state index contributed by atoms with van der Waals surface area (Å²) in [6.07, 6.45) is 17.2. The normalized spacial score (nSPS) is 18.4. The third-order valence-corrected chi connectivity index (χ3v) is 22.3. The Labute approximate surface area is 354 Å². The highest BCUT2D eigenvalue weighted by molar-refractivity contribution is 7.09. The Morgan fingerprint density at radius 3 is 1.80 bits per heavy atom. The minimum absolute atomic E-state index is 0.0233. The summed E-state index contributed by atoms with van der Waals surface area (Å²) in [6, 6.07) is 0. The van der Waals surface area contributed by atoms with Crippen LogP contribution in [0.1, 0.15) is 155 Å². The first-order chi connectivity index (χ1) is 25.9. The van der Waals surface area contributed by atoms with Gasteiger partial charge in [0.25, 0.3) is 0 Å². The standard InChI is InChI=1S/C29H51NO3SSi.C17H31NOSSi/c1-22(13-12-14-23(2)20-32-28-15-10-11-18-31-28)16-17-27(33-35(8,9)29(5,6)7)24(3)19-26-21-34-25(4)30-26;1-9-10-16(19-21(7,8)17(4,5)6)13(2)11-15-12-20-14(3)18-15/h16,19,21,23,27-28H,10-15,17-18,20H2,1-9H3;11-12,16H,9-10H2,1-8H3/b22-16?,24-19+;13-11+/t23?,27-,28?;16-/m00/s1. The summed E-state index contributed by atoms with van der Waals surface area (Å²) in [6.45, 7) is 40.1. The van der Waals surface area contributed by atoms with Crippen LogP contribution < -0.4 is 0 Å². The largest absolute Gasteiger partial charge is 0.410 e. The van der Waals surface area contributed by atoms with Crippen molar-refractivity contribution in [1.82, 2.24) is 9.97 Å². The molecule has 1 aliphatic rings. The van der Waals surface area contributed by atoms with Crippen LogP contribution in [0.2, 0.25) is 36.3 Å². The fourth-order valence-corrected chi connectivity index (χ4v) is 9.77. The molecule has 2 aromatic rings. The topological polar surface area (TPSA) is 62.7 Å². The third-order valence-electron chi connectivity index (χ3n) is 11.7. The number of allylic oxidation sites excluding steroid dienone is 1. The van der Waals surface area contributed by atoms with Crippen molar-refractivity contribution >= 4 is 51.5 Å². The van der Waals surface area contributed by atoms with Crippen molar-refractivity contribution in [3.8, 4) is 0 Å². The van der Waals surface area contributed by atoms with Gasteiger partial charge in [-0.25, -0.2) is 9.97 Å². The van der Waals surface area contributed by atoms with Crippen LogP contribution in [-0.4, -0.2) is 58.3 Å². The smallest absolute Gasteiger partial charge is 0.192 e. The number of aromatic nitrogens is 2. The maximum atomic E-state index is 6.90. The predicted molar refractivity (Wildman–Crippen MR) is 251 cm³/mol. The lowest BCUT2D eigenvalue weighted by atomic mass is 10.0. The van der Waals surface area contributed by atoms with E-state index in [2.05, 4.69) is 148 Å². The molecule has 2 unspecified atom stereocenters. The Kier molecular flexibility index (Phi) is 21.4. The second-order valence-corrected chi connectivity index (χ2v) is 30.9. The van der Waals surface area contributed by atoms with Gasteiger partial charge in [-0.2, -0.15) is 0 Å². The maximum absolute atomic E-state index is 6.90. The zero-order valence-corrected chi connectivity index (χ0v) is 42.5. The van der Waals surface area contributed by atoms with Crippen molar-refractivity contribution in [3.05, 3.63) is 55.0 Å². The average molecular weight is 847 g/mol. The van der Waals surface area contributed by atoms with Gasteiger partial charge < -0.3 is 18.3 Å². The van der Waals surface area contributed by atoms with Gasteiger partial charge in [0, 0.05) is 17.4 Å². The van der Waals surface area contributed by atoms with Crippen LogP contribution in [0.5, 0.6) is 0 Å². The molecule has 0 amide bonds. The summed E-state index contributed by atoms with van der Waals surface area (Å²) >= 11 is 3.40. The number of hydrogen-bond donors (Lipinski definition) is 0. The van der Waals surface area contributed by atoms with Gasteiger partial charge in [-0.3, -0.25) is 0 Å². The molecule has 2 aromatic heterocycles. The van der Waals surface area contributed by atoms with E-state index in [9.17, 15) is 0 Å². The zero-order valence-electron chi connectivity index (χ0n) is 38.8.